The molecule has 3 saturated carbocycles. The Balaban J connectivity index is 0.778. The lowest BCUT2D eigenvalue weighted by Crippen LogP contribution is -2.75. The lowest BCUT2D eigenvalue weighted by atomic mass is 9.49. The number of nitrogens with one attached hydrogen (secondary N) is 3. The number of hydrogen-bond acceptors (Lipinski definition) is 10. The molecule has 7 aliphatic rings. The van der Waals surface area contributed by atoms with Gasteiger partial charge in [-0.15, -0.1) is 0 Å². The fourth-order valence-corrected chi connectivity index (χ4v) is 15.4. The highest BCUT2D eigenvalue weighted by atomic mass is 35.5. The van der Waals surface area contributed by atoms with Crippen molar-refractivity contribution >= 4 is 29.0 Å². The van der Waals surface area contributed by atoms with Crippen LogP contribution in [0.25, 0.3) is 5.57 Å². The SMILES string of the molecule is CN1C=C(c2cc(C(C)(C)O)ccc2Oc2ccc(CC3CCN(C4NCC(C(=O)NC5C(C)(C)C(Oc6ccc(C#N)c(Cl)c6)C5(C)C)CN4C4CCCCCCC4)CC3)cc2)C2C(NCC2C2CCCC2)C1=O. The van der Waals surface area contributed by atoms with Crippen LogP contribution in [-0.4, -0.2) is 102 Å². The first-order valence-electron chi connectivity index (χ1n) is 28.7. The number of nitriles is 1. The zero-order valence-electron chi connectivity index (χ0n) is 45.8. The van der Waals surface area contributed by atoms with Crippen LogP contribution in [-0.2, 0) is 21.6 Å². The van der Waals surface area contributed by atoms with E-state index in [-0.39, 0.29) is 59.0 Å². The van der Waals surface area contributed by atoms with Gasteiger partial charge in [-0.25, -0.2) is 0 Å². The number of fused-ring (bicyclic) bond motifs is 1. The molecular weight excluding hydrogens is 958 g/mol. The topological polar surface area (TPSA) is 142 Å². The average Bonchev–Trinajstić information content (AvgIpc) is 4.10. The van der Waals surface area contributed by atoms with Gasteiger partial charge in [0.25, 0.3) is 0 Å². The van der Waals surface area contributed by atoms with Crippen LogP contribution < -0.4 is 25.4 Å². The minimum atomic E-state index is -1.04. The minimum absolute atomic E-state index is 0.0461. The molecule has 5 atom stereocenters. The van der Waals surface area contributed by atoms with E-state index in [2.05, 4.69) is 89.8 Å². The molecule has 0 aromatic heterocycles. The molecule has 4 aliphatic heterocycles. The van der Waals surface area contributed by atoms with Gasteiger partial charge in [-0.2, -0.15) is 5.26 Å². The predicted octanol–water partition coefficient (Wildman–Crippen LogP) is 10.6. The summed E-state index contributed by atoms with van der Waals surface area (Å²) < 4.78 is 13.3. The van der Waals surface area contributed by atoms with Gasteiger partial charge in [0, 0.05) is 79.9 Å². The van der Waals surface area contributed by atoms with Crippen LogP contribution in [0.3, 0.4) is 0 Å². The second-order valence-electron chi connectivity index (χ2n) is 25.4. The highest BCUT2D eigenvalue weighted by Crippen LogP contribution is 2.56. The molecule has 3 aromatic carbocycles. The number of amides is 2. The van der Waals surface area contributed by atoms with E-state index in [4.69, 9.17) is 21.1 Å². The minimum Gasteiger partial charge on any atom is -0.489 e. The number of benzene rings is 3. The summed E-state index contributed by atoms with van der Waals surface area (Å²) in [4.78, 5) is 35.1. The van der Waals surface area contributed by atoms with Gasteiger partial charge in [0.15, 0.2) is 0 Å². The second kappa shape index (κ2) is 22.1. The molecular formula is C62H84ClN7O5. The number of nitrogens with zero attached hydrogens (tertiary/aromatic N) is 4. The Morgan fingerprint density at radius 2 is 1.53 bits per heavy atom. The third-order valence-corrected chi connectivity index (χ3v) is 19.3. The van der Waals surface area contributed by atoms with Crippen molar-refractivity contribution in [2.45, 2.75) is 168 Å². The highest BCUT2D eigenvalue weighted by Gasteiger charge is 2.64. The van der Waals surface area contributed by atoms with Crippen LogP contribution in [0.5, 0.6) is 17.2 Å². The van der Waals surface area contributed by atoms with Crippen molar-refractivity contribution in [2.24, 2.45) is 40.4 Å². The molecule has 10 rings (SSSR count). The molecule has 3 aliphatic carbocycles. The van der Waals surface area contributed by atoms with Gasteiger partial charge in [-0.05, 0) is 123 Å². The predicted molar refractivity (Wildman–Crippen MR) is 296 cm³/mol. The van der Waals surface area contributed by atoms with E-state index in [1.54, 1.807) is 23.1 Å². The second-order valence-corrected chi connectivity index (χ2v) is 25.8. The first-order valence-corrected chi connectivity index (χ1v) is 29.0. The van der Waals surface area contributed by atoms with Crippen molar-refractivity contribution in [3.05, 3.63) is 94.1 Å². The molecule has 0 spiro atoms. The van der Waals surface area contributed by atoms with Gasteiger partial charge in [-0.3, -0.25) is 24.7 Å². The van der Waals surface area contributed by atoms with Gasteiger partial charge in [0.2, 0.25) is 11.8 Å². The molecule has 12 nitrogen and oxygen atoms in total. The molecule has 404 valence electrons. The number of piperidine rings is 1. The molecule has 2 amide bonds. The zero-order chi connectivity index (χ0) is 52.8. The van der Waals surface area contributed by atoms with Crippen LogP contribution in [0.1, 0.15) is 147 Å². The van der Waals surface area contributed by atoms with Crippen LogP contribution in [0, 0.1) is 51.8 Å². The maximum absolute atomic E-state index is 14.4. The lowest BCUT2D eigenvalue weighted by Gasteiger charge is -2.63. The maximum Gasteiger partial charge on any atom is 0.244 e. The molecule has 0 radical (unpaired) electrons. The Bertz CT molecular complexity index is 2580. The van der Waals surface area contributed by atoms with Crippen molar-refractivity contribution in [3.63, 3.8) is 0 Å². The Labute approximate surface area is 452 Å². The monoisotopic (exact) mass is 1040 g/mol. The molecule has 4 heterocycles. The van der Waals surface area contributed by atoms with Crippen molar-refractivity contribution < 1.29 is 24.2 Å². The van der Waals surface area contributed by atoms with Gasteiger partial charge >= 0.3 is 0 Å². The molecule has 3 saturated heterocycles. The quantitative estimate of drug-likeness (QED) is 0.131. The number of aliphatic hydroxyl groups is 1. The largest absolute Gasteiger partial charge is 0.489 e. The van der Waals surface area contributed by atoms with E-state index in [1.807, 2.05) is 39.2 Å². The lowest BCUT2D eigenvalue weighted by molar-refractivity contribution is -0.176. The van der Waals surface area contributed by atoms with E-state index in [9.17, 15) is 20.0 Å². The zero-order valence-corrected chi connectivity index (χ0v) is 46.6. The molecule has 13 heteroatoms. The smallest absolute Gasteiger partial charge is 0.244 e. The fourth-order valence-electron chi connectivity index (χ4n) is 15.1. The normalized spacial score (nSPS) is 29.1. The number of carbonyl (C=O) groups excluding carboxylic acids is 2. The number of likely N-dealkylation sites (N-methyl/N-ethyl adjacent to an activating group) is 1. The van der Waals surface area contributed by atoms with Gasteiger partial charge in [0.05, 0.1) is 28.1 Å². The van der Waals surface area contributed by atoms with Crippen LogP contribution >= 0.6 is 11.6 Å². The number of hydrogen-bond donors (Lipinski definition) is 4. The Morgan fingerprint density at radius 3 is 2.20 bits per heavy atom. The molecule has 6 fully saturated rings. The number of ether oxygens (including phenoxy) is 2. The summed E-state index contributed by atoms with van der Waals surface area (Å²) in [7, 11) is 1.86. The molecule has 5 unspecified atom stereocenters. The van der Waals surface area contributed by atoms with Gasteiger partial charge in [-0.1, -0.05) is 115 Å². The summed E-state index contributed by atoms with van der Waals surface area (Å²) in [5.41, 5.74) is 2.91. The van der Waals surface area contributed by atoms with Crippen molar-refractivity contribution in [1.82, 2.24) is 30.7 Å². The third-order valence-electron chi connectivity index (χ3n) is 19.0. The standard InChI is InChI=1S/C62H84ClN7O5/c1-60(2)57(61(3,4)58(60)75-47-25-21-42(34-64)51(63)33-47)67-55(71)43-35-66-59(70(37-43)45-17-11-9-8-10-12-18-45)69-29-27-40(28-30-69)31-39-19-23-46(24-20-39)74-52-26-22-44(62(5,6)73)32-48(52)50-38-68(7)56(72)54-53(50)49(36-65-54)41-15-13-14-16-41/h19-26,32-33,38,40-41,43,45,49,53-54,57-59,65-66,73H,8-18,27-31,35-37H2,1-7H3,(H,67,71). The molecule has 0 bridgehead atoms. The number of likely N-dealkylation sites (tertiary alicyclic amines) is 1. The summed E-state index contributed by atoms with van der Waals surface area (Å²) >= 11 is 6.37. The van der Waals surface area contributed by atoms with E-state index in [0.29, 0.717) is 46.7 Å². The first-order chi connectivity index (χ1) is 35.9. The van der Waals surface area contributed by atoms with Crippen molar-refractivity contribution in [3.8, 4) is 23.3 Å². The third kappa shape index (κ3) is 11.2. The van der Waals surface area contributed by atoms with Crippen LogP contribution in [0.15, 0.2) is 66.9 Å². The number of halogens is 1. The van der Waals surface area contributed by atoms with Gasteiger partial charge in [0.1, 0.15) is 35.7 Å². The van der Waals surface area contributed by atoms with Crippen LogP contribution in [0.2, 0.25) is 5.02 Å². The van der Waals surface area contributed by atoms with Gasteiger partial charge < -0.3 is 30.1 Å². The first kappa shape index (κ1) is 53.9. The fraction of sp³-hybridized carbons (Fsp3) is 0.629. The Kier molecular flexibility index (Phi) is 15.9. The summed E-state index contributed by atoms with van der Waals surface area (Å²) in [5.74, 6) is 3.79. The summed E-state index contributed by atoms with van der Waals surface area (Å²) in [6, 6.07) is 22.1. The van der Waals surface area contributed by atoms with E-state index in [1.165, 1.54) is 76.2 Å². The van der Waals surface area contributed by atoms with E-state index in [0.717, 1.165) is 73.6 Å². The highest BCUT2D eigenvalue weighted by molar-refractivity contribution is 6.31. The maximum atomic E-state index is 14.4. The Morgan fingerprint density at radius 1 is 0.867 bits per heavy atom. The summed E-state index contributed by atoms with van der Waals surface area (Å²) in [5, 5.41) is 32.1. The molecule has 75 heavy (non-hydrogen) atoms. The summed E-state index contributed by atoms with van der Waals surface area (Å²) in [6.45, 7) is 16.6. The van der Waals surface area contributed by atoms with Crippen LogP contribution in [0.4, 0.5) is 0 Å². The van der Waals surface area contributed by atoms with E-state index < -0.39 is 5.60 Å². The van der Waals surface area contributed by atoms with E-state index >= 15 is 0 Å². The molecule has 4 N–H and O–H groups in total. The Hall–Kier alpha value is -4.48. The number of carbonyl (C=O) groups is 2. The number of rotatable bonds is 13. The van der Waals surface area contributed by atoms with Crippen molar-refractivity contribution in [1.29, 1.82) is 5.26 Å². The average molecular weight is 1040 g/mol. The van der Waals surface area contributed by atoms with Crippen molar-refractivity contribution in [2.75, 3.05) is 39.8 Å². The summed E-state index contributed by atoms with van der Waals surface area (Å²) in [6.07, 6.45) is 18.9. The molecule has 3 aromatic rings.